The normalized spacial score (nSPS) is 20.6. The van der Waals surface area contributed by atoms with Gasteiger partial charge in [0.1, 0.15) is 5.75 Å². The third-order valence-corrected chi connectivity index (χ3v) is 10.6. The lowest BCUT2D eigenvalue weighted by Crippen LogP contribution is -2.41. The highest BCUT2D eigenvalue weighted by Gasteiger charge is 2.31. The molecule has 0 spiro atoms. The van der Waals surface area contributed by atoms with E-state index >= 15 is 0 Å². The molecule has 0 radical (unpaired) electrons. The molecule has 0 unspecified atom stereocenters. The summed E-state index contributed by atoms with van der Waals surface area (Å²) < 4.78 is 37.1. The van der Waals surface area contributed by atoms with E-state index in [4.69, 9.17) is 4.74 Å². The lowest BCUT2D eigenvalue weighted by Gasteiger charge is -2.24. The number of nitrogens with zero attached hydrogens (tertiary/aromatic N) is 2. The summed E-state index contributed by atoms with van der Waals surface area (Å²) in [5, 5.41) is 1.06. The van der Waals surface area contributed by atoms with Gasteiger partial charge in [-0.05, 0) is 79.1 Å². The predicted molar refractivity (Wildman–Crippen MR) is 165 cm³/mol. The Kier molecular flexibility index (Phi) is 7.98. The van der Waals surface area contributed by atoms with Crippen molar-refractivity contribution >= 4 is 38.9 Å². The molecule has 6 rings (SSSR count). The van der Waals surface area contributed by atoms with E-state index in [-0.39, 0.29) is 11.3 Å². The van der Waals surface area contributed by atoms with Crippen LogP contribution in [0.3, 0.4) is 0 Å². The molecule has 9 heteroatoms. The average molecular weight is 590 g/mol. The van der Waals surface area contributed by atoms with Crippen LogP contribution in [-0.4, -0.2) is 49.7 Å². The smallest absolute Gasteiger partial charge is 0.303 e. The quantitative estimate of drug-likeness (QED) is 0.384. The second-order valence-corrected chi connectivity index (χ2v) is 13.7. The van der Waals surface area contributed by atoms with Crippen LogP contribution in [0.2, 0.25) is 0 Å². The number of carbonyl (C=O) groups excluding carboxylic acids is 2. The van der Waals surface area contributed by atoms with Crippen LogP contribution in [0.1, 0.15) is 91.6 Å². The first-order valence-electron chi connectivity index (χ1n) is 15.1. The molecular weight excluding hydrogens is 550 g/mol. The average Bonchev–Trinajstić information content (AvgIpc) is 3.20. The Morgan fingerprint density at radius 3 is 2.48 bits per heavy atom. The number of rotatable bonds is 2. The molecule has 1 aromatic heterocycles. The molecule has 4 bridgehead atoms. The van der Waals surface area contributed by atoms with Crippen LogP contribution in [0.5, 0.6) is 5.75 Å². The van der Waals surface area contributed by atoms with E-state index < -0.39 is 16.1 Å². The zero-order valence-corrected chi connectivity index (χ0v) is 25.3. The highest BCUT2D eigenvalue weighted by atomic mass is 32.2. The van der Waals surface area contributed by atoms with Crippen LogP contribution < -0.4 is 9.46 Å². The molecule has 1 N–H and O–H groups in total. The molecule has 42 heavy (non-hydrogen) atoms. The Balaban J connectivity index is 1.59. The number of nitrogens with one attached hydrogen (secondary N) is 1. The van der Waals surface area contributed by atoms with Gasteiger partial charge in [0.05, 0.1) is 19.3 Å². The molecule has 3 aliphatic rings. The van der Waals surface area contributed by atoms with Gasteiger partial charge in [0.15, 0.2) is 5.78 Å². The summed E-state index contributed by atoms with van der Waals surface area (Å²) in [6, 6.07) is 11.5. The third-order valence-electron chi connectivity index (χ3n) is 9.17. The van der Waals surface area contributed by atoms with E-state index in [0.717, 1.165) is 71.2 Å². The van der Waals surface area contributed by atoms with Gasteiger partial charge in [0.2, 0.25) is 0 Å². The zero-order chi connectivity index (χ0) is 29.4. The van der Waals surface area contributed by atoms with Crippen LogP contribution in [0.25, 0.3) is 28.2 Å². The molecule has 1 saturated carbocycles. The van der Waals surface area contributed by atoms with Crippen molar-refractivity contribution in [1.82, 2.24) is 13.6 Å². The number of Topliss-reactive ketones (excluding diaryl/α,β-unsaturated/α-hetero) is 1. The van der Waals surface area contributed by atoms with Crippen LogP contribution in [0.4, 0.5) is 0 Å². The molecule has 0 atom stereocenters. The SMILES string of the molecule is COc1ccc2c(c1)C=C1Cn3c-2c(C2CCCCC2)c2ccc(cc23)C(=O)NS(=O)(=O)N(C)CCCCCCC1=O. The summed E-state index contributed by atoms with van der Waals surface area (Å²) in [6.45, 7) is 0.691. The van der Waals surface area contributed by atoms with Crippen molar-refractivity contribution in [2.45, 2.75) is 76.7 Å². The van der Waals surface area contributed by atoms with Crippen LogP contribution in [-0.2, 0) is 21.5 Å². The molecule has 0 saturated heterocycles. The highest BCUT2D eigenvalue weighted by Crippen LogP contribution is 2.47. The van der Waals surface area contributed by atoms with Gasteiger partial charge in [0.25, 0.3) is 5.91 Å². The zero-order valence-electron chi connectivity index (χ0n) is 24.4. The first kappa shape index (κ1) is 28.7. The lowest BCUT2D eigenvalue weighted by atomic mass is 9.81. The molecule has 1 fully saturated rings. The maximum Gasteiger partial charge on any atom is 0.303 e. The number of aromatic nitrogens is 1. The van der Waals surface area contributed by atoms with E-state index in [1.807, 2.05) is 24.3 Å². The van der Waals surface area contributed by atoms with Gasteiger partial charge in [-0.3, -0.25) is 9.59 Å². The minimum Gasteiger partial charge on any atom is -0.497 e. The largest absolute Gasteiger partial charge is 0.497 e. The van der Waals surface area contributed by atoms with E-state index in [0.29, 0.717) is 31.8 Å². The predicted octanol–water partition coefficient (Wildman–Crippen LogP) is 6.20. The number of benzene rings is 2. The van der Waals surface area contributed by atoms with E-state index in [1.54, 1.807) is 19.2 Å². The van der Waals surface area contributed by atoms with Crippen LogP contribution >= 0.6 is 0 Å². The second-order valence-electron chi connectivity index (χ2n) is 11.9. The van der Waals surface area contributed by atoms with E-state index in [2.05, 4.69) is 15.4 Å². The van der Waals surface area contributed by atoms with Crippen molar-refractivity contribution in [1.29, 1.82) is 0 Å². The number of hydrogen-bond donors (Lipinski definition) is 1. The molecule has 2 aromatic carbocycles. The van der Waals surface area contributed by atoms with Gasteiger partial charge >= 0.3 is 10.2 Å². The minimum absolute atomic E-state index is 0.121. The van der Waals surface area contributed by atoms with E-state index in [9.17, 15) is 18.0 Å². The van der Waals surface area contributed by atoms with Crippen LogP contribution in [0, 0.1) is 0 Å². The van der Waals surface area contributed by atoms with Gasteiger partial charge in [0, 0.05) is 47.6 Å². The first-order valence-corrected chi connectivity index (χ1v) is 16.6. The third kappa shape index (κ3) is 5.40. The summed E-state index contributed by atoms with van der Waals surface area (Å²) in [4.78, 5) is 27.0. The fourth-order valence-electron chi connectivity index (χ4n) is 6.86. The van der Waals surface area contributed by atoms with E-state index in [1.165, 1.54) is 36.2 Å². The highest BCUT2D eigenvalue weighted by molar-refractivity contribution is 7.87. The van der Waals surface area contributed by atoms with Crippen molar-refractivity contribution in [3.63, 3.8) is 0 Å². The fourth-order valence-corrected chi connectivity index (χ4v) is 7.74. The number of ketones is 1. The van der Waals surface area contributed by atoms with Gasteiger partial charge in [-0.25, -0.2) is 4.72 Å². The molecule has 1 aliphatic carbocycles. The number of ether oxygens (including phenoxy) is 1. The van der Waals surface area contributed by atoms with Gasteiger partial charge < -0.3 is 9.30 Å². The number of hydrogen-bond acceptors (Lipinski definition) is 5. The second kappa shape index (κ2) is 11.7. The molecule has 3 aromatic rings. The molecular formula is C33H39N3O5S. The standard InChI is InChI=1S/C33H39N3O5S/c1-35-17-9-4-3-8-12-30(37)25-18-24-19-26(41-2)14-16-27(24)32-31(22-10-6-5-7-11-22)28-15-13-23(20-29(28)36(32)21-25)33(38)34-42(35,39)40/h13-16,18-20,22H,3-12,17,21H2,1-2H3,(H,34,38). The summed E-state index contributed by atoms with van der Waals surface area (Å²) in [5.41, 5.74) is 6.18. The van der Waals surface area contributed by atoms with Crippen molar-refractivity contribution in [2.24, 2.45) is 0 Å². The van der Waals surface area contributed by atoms with Crippen molar-refractivity contribution < 1.29 is 22.7 Å². The lowest BCUT2D eigenvalue weighted by molar-refractivity contribution is -0.115. The van der Waals surface area contributed by atoms with Gasteiger partial charge in [-0.15, -0.1) is 0 Å². The molecule has 8 nitrogen and oxygen atoms in total. The van der Waals surface area contributed by atoms with Crippen molar-refractivity contribution in [3.05, 3.63) is 58.7 Å². The molecule has 1 amide bonds. The summed E-state index contributed by atoms with van der Waals surface area (Å²) in [6.07, 6.45) is 11.2. The minimum atomic E-state index is -3.98. The number of fused-ring (bicyclic) bond motifs is 4. The molecule has 222 valence electrons. The Morgan fingerprint density at radius 1 is 0.929 bits per heavy atom. The Hall–Kier alpha value is -3.43. The Morgan fingerprint density at radius 2 is 1.69 bits per heavy atom. The maximum atomic E-state index is 13.7. The Labute approximate surface area is 247 Å². The topological polar surface area (TPSA) is 97.7 Å². The summed E-state index contributed by atoms with van der Waals surface area (Å²) in [7, 11) is -0.847. The monoisotopic (exact) mass is 589 g/mol. The summed E-state index contributed by atoms with van der Waals surface area (Å²) >= 11 is 0. The molecule has 2 aliphatic heterocycles. The van der Waals surface area contributed by atoms with Crippen molar-refractivity contribution in [2.75, 3.05) is 20.7 Å². The maximum absolute atomic E-state index is 13.7. The first-order chi connectivity index (χ1) is 20.3. The van der Waals surface area contributed by atoms with Gasteiger partial charge in [-0.1, -0.05) is 38.2 Å². The number of allylic oxidation sites excluding steroid dienone is 1. The van der Waals surface area contributed by atoms with Gasteiger partial charge in [-0.2, -0.15) is 12.7 Å². The van der Waals surface area contributed by atoms with Crippen LogP contribution in [0.15, 0.2) is 42.0 Å². The molecule has 3 heterocycles. The number of carbonyl (C=O) groups is 2. The Bertz CT molecular complexity index is 1680. The van der Waals surface area contributed by atoms with Crippen molar-refractivity contribution in [3.8, 4) is 17.0 Å². The fraction of sp³-hybridized carbons (Fsp3) is 0.455. The summed E-state index contributed by atoms with van der Waals surface area (Å²) in [5.74, 6) is 0.556. The number of amides is 1. The number of methoxy groups -OCH3 is 1.